The lowest BCUT2D eigenvalue weighted by molar-refractivity contribution is -0.0237. The number of hydrogen-bond acceptors (Lipinski definition) is 7. The number of anilines is 1. The number of nitrogens with one attached hydrogen (secondary N) is 2. The monoisotopic (exact) mass is 339 g/mol. The van der Waals surface area contributed by atoms with Crippen molar-refractivity contribution in [1.82, 2.24) is 9.97 Å². The summed E-state index contributed by atoms with van der Waals surface area (Å²) >= 11 is 0. The van der Waals surface area contributed by atoms with E-state index in [1.54, 1.807) is 0 Å². The zero-order valence-electron chi connectivity index (χ0n) is 10.9. The zero-order chi connectivity index (χ0) is 16.5. The maximum absolute atomic E-state index is 11.0. The van der Waals surface area contributed by atoms with Crippen LogP contribution in [0.5, 0.6) is 0 Å². The number of phosphoric ester groups is 1. The summed E-state index contributed by atoms with van der Waals surface area (Å²) < 4.78 is 20.7. The average molecular weight is 339 g/mol. The average Bonchev–Trinajstić information content (AvgIpc) is 2.94. The number of ether oxygens (including phenoxy) is 1. The van der Waals surface area contributed by atoms with Crippen LogP contribution in [0.1, 0.15) is 11.8 Å². The van der Waals surface area contributed by atoms with Crippen LogP contribution in [0.2, 0.25) is 0 Å². The van der Waals surface area contributed by atoms with Gasteiger partial charge in [0.05, 0.1) is 18.5 Å². The van der Waals surface area contributed by atoms with Gasteiger partial charge in [-0.2, -0.15) is 0 Å². The Labute approximate surface area is 123 Å². The lowest BCUT2D eigenvalue weighted by Gasteiger charge is -2.20. The second-order valence-electron chi connectivity index (χ2n) is 4.45. The predicted molar refractivity (Wildman–Crippen MR) is 67.9 cm³/mol. The molecule has 1 aliphatic heterocycles. The number of aromatic amines is 1. The molecule has 7 N–H and O–H groups in total. The fraction of sp³-hybridized carbons (Fsp3) is 0.556. The van der Waals surface area contributed by atoms with Gasteiger partial charge in [-0.05, 0) is 0 Å². The number of carboxylic acid groups (broad SMARTS) is 1. The van der Waals surface area contributed by atoms with Crippen molar-refractivity contribution in [2.75, 3.05) is 11.9 Å². The number of aliphatic hydroxyl groups is 2. The van der Waals surface area contributed by atoms with Crippen molar-refractivity contribution in [3.8, 4) is 0 Å². The van der Waals surface area contributed by atoms with Crippen LogP contribution in [0.3, 0.4) is 0 Å². The highest BCUT2D eigenvalue weighted by Gasteiger charge is 2.48. The third kappa shape index (κ3) is 3.81. The van der Waals surface area contributed by atoms with Crippen LogP contribution in [0.4, 0.5) is 10.7 Å². The first-order chi connectivity index (χ1) is 10.2. The third-order valence-corrected chi connectivity index (χ3v) is 3.42. The molecule has 1 aliphatic rings. The summed E-state index contributed by atoms with van der Waals surface area (Å²) in [6.07, 6.45) is -5.50. The molecule has 12 nitrogen and oxygen atoms in total. The summed E-state index contributed by atoms with van der Waals surface area (Å²) in [7, 11) is -4.93. The number of aliphatic hydroxyl groups excluding tert-OH is 2. The first-order valence-electron chi connectivity index (χ1n) is 5.94. The molecule has 0 spiro atoms. The minimum absolute atomic E-state index is 0.109. The van der Waals surface area contributed by atoms with E-state index in [4.69, 9.17) is 24.7 Å². The van der Waals surface area contributed by atoms with Gasteiger partial charge >= 0.3 is 13.9 Å². The topological polar surface area (TPSA) is 194 Å². The van der Waals surface area contributed by atoms with Gasteiger partial charge in [0.15, 0.2) is 0 Å². The Kier molecular flexibility index (Phi) is 4.82. The first-order valence-corrected chi connectivity index (χ1v) is 7.47. The van der Waals surface area contributed by atoms with Crippen LogP contribution >= 0.6 is 7.82 Å². The molecule has 2 heterocycles. The zero-order valence-corrected chi connectivity index (χ0v) is 11.8. The molecule has 1 aromatic rings. The number of H-pyrrole nitrogens is 1. The van der Waals surface area contributed by atoms with Crippen molar-refractivity contribution in [3.63, 3.8) is 0 Å². The van der Waals surface area contributed by atoms with Gasteiger partial charge < -0.3 is 34.8 Å². The molecule has 124 valence electrons. The highest BCUT2D eigenvalue weighted by atomic mass is 31.2. The van der Waals surface area contributed by atoms with E-state index in [-0.39, 0.29) is 11.6 Å². The lowest BCUT2D eigenvalue weighted by atomic mass is 10.1. The Morgan fingerprint density at radius 2 is 2.23 bits per heavy atom. The molecule has 1 aromatic heterocycles. The van der Waals surface area contributed by atoms with Crippen LogP contribution in [0.15, 0.2) is 6.20 Å². The van der Waals surface area contributed by atoms with E-state index in [1.807, 2.05) is 5.32 Å². The Morgan fingerprint density at radius 1 is 1.55 bits per heavy atom. The molecule has 0 saturated carbocycles. The Morgan fingerprint density at radius 3 is 2.77 bits per heavy atom. The van der Waals surface area contributed by atoms with Gasteiger partial charge in [-0.1, -0.05) is 0 Å². The molecule has 1 saturated heterocycles. The quantitative estimate of drug-likeness (QED) is 0.319. The molecular weight excluding hydrogens is 325 g/mol. The molecule has 13 heteroatoms. The molecule has 4 atom stereocenters. The van der Waals surface area contributed by atoms with Crippen LogP contribution < -0.4 is 5.32 Å². The van der Waals surface area contributed by atoms with E-state index in [1.165, 1.54) is 0 Å². The Hall–Kier alpha value is -1.53. The summed E-state index contributed by atoms with van der Waals surface area (Å²) in [6.45, 7) is -0.604. The summed E-state index contributed by atoms with van der Waals surface area (Å²) in [4.78, 5) is 34.5. The molecule has 1 unspecified atom stereocenters. The molecule has 1 fully saturated rings. The minimum atomic E-state index is -4.93. The van der Waals surface area contributed by atoms with Crippen molar-refractivity contribution in [2.24, 2.45) is 0 Å². The van der Waals surface area contributed by atoms with Crippen LogP contribution in [-0.4, -0.2) is 66.1 Å². The second kappa shape index (κ2) is 6.30. The van der Waals surface area contributed by atoms with Gasteiger partial charge in [0, 0.05) is 0 Å². The number of imidazole rings is 1. The predicted octanol–water partition coefficient (Wildman–Crippen LogP) is -1.23. The number of nitrogens with zero attached hydrogens (tertiary/aromatic N) is 1. The SMILES string of the molecule is O=C(O)Nc1ncc(C2O[C@H](CO)[C@@H](O)[C@H]2OP(=O)(O)O)[nH]1. The molecule has 0 aromatic carbocycles. The highest BCUT2D eigenvalue weighted by Crippen LogP contribution is 2.45. The van der Waals surface area contributed by atoms with Crippen LogP contribution in [-0.2, 0) is 13.8 Å². The van der Waals surface area contributed by atoms with Crippen molar-refractivity contribution in [2.45, 2.75) is 24.4 Å². The van der Waals surface area contributed by atoms with Crippen molar-refractivity contribution < 1.29 is 43.7 Å². The molecule has 1 amide bonds. The van der Waals surface area contributed by atoms with Gasteiger partial charge in [-0.25, -0.2) is 14.3 Å². The standard InChI is InChI=1S/C9H14N3O9P/c13-2-4-5(14)7(21-22(17,18)19)6(20-4)3-1-10-8(11-3)12-9(15)16/h1,4-7,13-14H,2H2,(H,15,16)(H2,10,11,12)(H2,17,18,19)/t4-,5-,6?,7-/m1/s1. The van der Waals surface area contributed by atoms with E-state index in [0.717, 1.165) is 6.20 Å². The maximum atomic E-state index is 11.0. The van der Waals surface area contributed by atoms with Crippen molar-refractivity contribution in [1.29, 1.82) is 0 Å². The number of amides is 1. The van der Waals surface area contributed by atoms with Gasteiger partial charge in [-0.15, -0.1) is 0 Å². The molecule has 22 heavy (non-hydrogen) atoms. The second-order valence-corrected chi connectivity index (χ2v) is 5.64. The number of hydrogen-bond donors (Lipinski definition) is 7. The van der Waals surface area contributed by atoms with Gasteiger partial charge in [0.2, 0.25) is 5.95 Å². The van der Waals surface area contributed by atoms with Crippen molar-refractivity contribution in [3.05, 3.63) is 11.9 Å². The van der Waals surface area contributed by atoms with Crippen LogP contribution in [0.25, 0.3) is 0 Å². The molecule has 0 radical (unpaired) electrons. The number of aromatic nitrogens is 2. The summed E-state index contributed by atoms with van der Waals surface area (Å²) in [5.41, 5.74) is 0.109. The van der Waals surface area contributed by atoms with Gasteiger partial charge in [0.1, 0.15) is 24.4 Å². The Bertz CT molecular complexity index is 587. The fourth-order valence-electron chi connectivity index (χ4n) is 2.06. The normalized spacial score (nSPS) is 28.7. The number of phosphoric acid groups is 1. The van der Waals surface area contributed by atoms with E-state index in [0.29, 0.717) is 0 Å². The van der Waals surface area contributed by atoms with Crippen molar-refractivity contribution >= 4 is 19.9 Å². The first kappa shape index (κ1) is 16.8. The van der Waals surface area contributed by atoms with E-state index in [2.05, 4.69) is 14.5 Å². The largest absolute Gasteiger partial charge is 0.470 e. The van der Waals surface area contributed by atoms with Gasteiger partial charge in [-0.3, -0.25) is 9.84 Å². The van der Waals surface area contributed by atoms with E-state index >= 15 is 0 Å². The van der Waals surface area contributed by atoms with Gasteiger partial charge in [0.25, 0.3) is 0 Å². The van der Waals surface area contributed by atoms with E-state index in [9.17, 15) is 14.5 Å². The molecule has 0 bridgehead atoms. The maximum Gasteiger partial charge on any atom is 0.470 e. The summed E-state index contributed by atoms with van der Waals surface area (Å²) in [5.74, 6) is -0.150. The molecule has 2 rings (SSSR count). The molecule has 0 aliphatic carbocycles. The lowest BCUT2D eigenvalue weighted by Crippen LogP contribution is -2.34. The summed E-state index contributed by atoms with van der Waals surface area (Å²) in [5, 5.41) is 29.5. The fourth-order valence-corrected chi connectivity index (χ4v) is 2.61. The highest BCUT2D eigenvalue weighted by molar-refractivity contribution is 7.46. The number of carbonyl (C=O) groups is 1. The third-order valence-electron chi connectivity index (χ3n) is 2.90. The minimum Gasteiger partial charge on any atom is -0.465 e. The van der Waals surface area contributed by atoms with Crippen LogP contribution in [0, 0.1) is 0 Å². The number of rotatable bonds is 5. The van der Waals surface area contributed by atoms with E-state index < -0.39 is 44.9 Å². The summed E-state index contributed by atoms with van der Waals surface area (Å²) in [6, 6.07) is 0. The molecular formula is C9H14N3O9P. The Balaban J connectivity index is 2.24. The smallest absolute Gasteiger partial charge is 0.465 e.